The minimum Gasteiger partial charge on any atom is -0.497 e. The van der Waals surface area contributed by atoms with Crippen molar-refractivity contribution in [2.45, 2.75) is 45.8 Å². The van der Waals surface area contributed by atoms with Gasteiger partial charge >= 0.3 is 6.09 Å². The zero-order valence-corrected chi connectivity index (χ0v) is 21.6. The number of carbonyl (C=O) groups is 3. The number of nitrogens with zero attached hydrogens (tertiary/aromatic N) is 2. The molecule has 0 aliphatic carbocycles. The van der Waals surface area contributed by atoms with Crippen LogP contribution in [0.3, 0.4) is 0 Å². The van der Waals surface area contributed by atoms with Crippen molar-refractivity contribution in [2.75, 3.05) is 20.2 Å². The fraction of sp³-hybridized carbons (Fsp3) is 0.370. The maximum Gasteiger partial charge on any atom is 0.414 e. The molecule has 0 saturated carbocycles. The van der Waals surface area contributed by atoms with E-state index in [1.54, 1.807) is 46.9 Å². The molecule has 3 aromatic rings. The summed E-state index contributed by atoms with van der Waals surface area (Å²) in [5.74, 6) is 0.314. The van der Waals surface area contributed by atoms with Crippen LogP contribution in [0.15, 0.2) is 42.5 Å². The Kier molecular flexibility index (Phi) is 7.26. The van der Waals surface area contributed by atoms with E-state index in [0.717, 1.165) is 23.8 Å². The quantitative estimate of drug-likeness (QED) is 0.411. The topological polar surface area (TPSA) is 89.9 Å². The summed E-state index contributed by atoms with van der Waals surface area (Å²) >= 11 is 5.99. The minimum atomic E-state index is -0.559. The number of methoxy groups -OCH3 is 1. The number of fused-ring (bicyclic) bond motifs is 1. The predicted molar refractivity (Wildman–Crippen MR) is 138 cm³/mol. The van der Waals surface area contributed by atoms with Gasteiger partial charge in [0.15, 0.2) is 5.72 Å². The zero-order valence-electron chi connectivity index (χ0n) is 20.9. The maximum absolute atomic E-state index is 13.4. The summed E-state index contributed by atoms with van der Waals surface area (Å²) in [5, 5.41) is 4.30. The van der Waals surface area contributed by atoms with Crippen molar-refractivity contribution in [3.8, 4) is 5.75 Å². The van der Waals surface area contributed by atoms with Gasteiger partial charge in [0.2, 0.25) is 5.91 Å². The lowest BCUT2D eigenvalue weighted by Gasteiger charge is -2.46. The summed E-state index contributed by atoms with van der Waals surface area (Å²) in [6.07, 6.45) is 1.31. The summed E-state index contributed by atoms with van der Waals surface area (Å²) in [4.78, 5) is 39.5. The van der Waals surface area contributed by atoms with Crippen molar-refractivity contribution in [1.82, 2.24) is 14.8 Å². The molecule has 2 aromatic carbocycles. The lowest BCUT2D eigenvalue weighted by Crippen LogP contribution is -2.62. The standard InChI is InChI=1S/C27H30ClN3O5/c1-17-21(16-24(32)29-13-5-6-14-30-26(34)36-27(30,2)3)22-15-20(35-4)11-12-23(22)31(17)25(33)18-7-9-19(28)10-8-18/h7-12,15H,5-6,13-14,16H2,1-4H3,(H,29,32). The van der Waals surface area contributed by atoms with Crippen LogP contribution < -0.4 is 10.1 Å². The lowest BCUT2D eigenvalue weighted by molar-refractivity contribution is -0.162. The van der Waals surface area contributed by atoms with E-state index in [0.29, 0.717) is 40.6 Å². The molecule has 0 bridgehead atoms. The number of unbranched alkanes of at least 4 members (excludes halogenated alkanes) is 1. The Morgan fingerprint density at radius 2 is 1.83 bits per heavy atom. The first kappa shape index (κ1) is 25.6. The molecule has 4 rings (SSSR count). The molecule has 0 unspecified atom stereocenters. The van der Waals surface area contributed by atoms with Crippen molar-refractivity contribution >= 4 is 40.4 Å². The summed E-state index contributed by atoms with van der Waals surface area (Å²) in [6, 6.07) is 12.2. The van der Waals surface area contributed by atoms with Crippen molar-refractivity contribution in [1.29, 1.82) is 0 Å². The Morgan fingerprint density at radius 3 is 2.47 bits per heavy atom. The molecule has 1 N–H and O–H groups in total. The third-order valence-corrected chi connectivity index (χ3v) is 6.76. The Labute approximate surface area is 215 Å². The van der Waals surface area contributed by atoms with Gasteiger partial charge in [0, 0.05) is 34.8 Å². The Balaban J connectivity index is 1.47. The highest BCUT2D eigenvalue weighted by molar-refractivity contribution is 6.30. The summed E-state index contributed by atoms with van der Waals surface area (Å²) in [5.41, 5.74) is 2.12. The van der Waals surface area contributed by atoms with Crippen LogP contribution in [0.5, 0.6) is 5.75 Å². The molecule has 1 aliphatic heterocycles. The molecule has 2 heterocycles. The number of aromatic nitrogens is 1. The number of nitrogens with one attached hydrogen (secondary N) is 1. The second-order valence-corrected chi connectivity index (χ2v) is 9.73. The molecule has 0 radical (unpaired) electrons. The van der Waals surface area contributed by atoms with Gasteiger partial charge in [-0.25, -0.2) is 4.79 Å². The van der Waals surface area contributed by atoms with Crippen molar-refractivity contribution in [2.24, 2.45) is 0 Å². The molecule has 2 amide bonds. The van der Waals surface area contributed by atoms with Crippen LogP contribution in [0.1, 0.15) is 48.3 Å². The summed E-state index contributed by atoms with van der Waals surface area (Å²) < 4.78 is 12.1. The number of ether oxygens (including phenoxy) is 2. The Bertz CT molecular complexity index is 1310. The van der Waals surface area contributed by atoms with Crippen LogP contribution in [0.2, 0.25) is 5.02 Å². The smallest absolute Gasteiger partial charge is 0.414 e. The van der Waals surface area contributed by atoms with E-state index in [-0.39, 0.29) is 24.3 Å². The zero-order chi connectivity index (χ0) is 26.0. The number of halogens is 1. The van der Waals surface area contributed by atoms with Crippen LogP contribution in [0.25, 0.3) is 10.9 Å². The van der Waals surface area contributed by atoms with Crippen LogP contribution in [0.4, 0.5) is 4.79 Å². The Hall–Kier alpha value is -3.52. The van der Waals surface area contributed by atoms with Gasteiger partial charge in [-0.2, -0.15) is 0 Å². The van der Waals surface area contributed by atoms with Crippen molar-refractivity contribution in [3.05, 3.63) is 64.3 Å². The highest BCUT2D eigenvalue weighted by atomic mass is 35.5. The first-order chi connectivity index (χ1) is 17.1. The molecule has 0 spiro atoms. The number of benzene rings is 2. The SMILES string of the molecule is COc1ccc2c(c1)c(CC(=O)NCCCCN1C(=O)OC1(C)C)c(C)n2C(=O)c1ccc(Cl)cc1. The van der Waals surface area contributed by atoms with Gasteiger partial charge in [-0.05, 0) is 81.6 Å². The van der Waals surface area contributed by atoms with Gasteiger partial charge in [0.25, 0.3) is 5.91 Å². The van der Waals surface area contributed by atoms with E-state index in [4.69, 9.17) is 21.1 Å². The van der Waals surface area contributed by atoms with Crippen molar-refractivity contribution < 1.29 is 23.9 Å². The molecular weight excluding hydrogens is 482 g/mol. The predicted octanol–water partition coefficient (Wildman–Crippen LogP) is 4.93. The van der Waals surface area contributed by atoms with Crippen molar-refractivity contribution in [3.63, 3.8) is 0 Å². The van der Waals surface area contributed by atoms with Crippen LogP contribution >= 0.6 is 11.6 Å². The fourth-order valence-electron chi connectivity index (χ4n) is 4.51. The van der Waals surface area contributed by atoms with Crippen LogP contribution in [0, 0.1) is 6.92 Å². The number of hydrogen-bond donors (Lipinski definition) is 1. The van der Waals surface area contributed by atoms with Gasteiger partial charge in [0.05, 0.1) is 19.0 Å². The largest absolute Gasteiger partial charge is 0.497 e. The molecule has 9 heteroatoms. The third kappa shape index (κ3) is 5.04. The minimum absolute atomic E-state index is 0.127. The first-order valence-corrected chi connectivity index (χ1v) is 12.3. The number of cyclic esters (lactones) is 1. The van der Waals surface area contributed by atoms with E-state index < -0.39 is 5.72 Å². The molecule has 1 saturated heterocycles. The summed E-state index contributed by atoms with van der Waals surface area (Å²) in [6.45, 7) is 6.62. The van der Waals surface area contributed by atoms with E-state index in [1.165, 1.54) is 0 Å². The molecule has 0 atom stereocenters. The van der Waals surface area contributed by atoms with Crippen LogP contribution in [-0.2, 0) is 16.0 Å². The molecule has 190 valence electrons. The summed E-state index contributed by atoms with van der Waals surface area (Å²) in [7, 11) is 1.58. The van der Waals surface area contributed by atoms with Crippen LogP contribution in [-0.4, -0.2) is 53.3 Å². The molecule has 36 heavy (non-hydrogen) atoms. The van der Waals surface area contributed by atoms with E-state index in [1.807, 2.05) is 32.9 Å². The molecular formula is C27H30ClN3O5. The molecule has 1 aromatic heterocycles. The third-order valence-electron chi connectivity index (χ3n) is 6.51. The van der Waals surface area contributed by atoms with Gasteiger partial charge in [-0.15, -0.1) is 0 Å². The maximum atomic E-state index is 13.4. The van der Waals surface area contributed by atoms with Gasteiger partial charge < -0.3 is 14.8 Å². The monoisotopic (exact) mass is 511 g/mol. The fourth-order valence-corrected chi connectivity index (χ4v) is 4.63. The van der Waals surface area contributed by atoms with Gasteiger partial charge in [-0.1, -0.05) is 11.6 Å². The van der Waals surface area contributed by atoms with E-state index >= 15 is 0 Å². The lowest BCUT2D eigenvalue weighted by atomic mass is 10.1. The Morgan fingerprint density at radius 1 is 1.11 bits per heavy atom. The first-order valence-electron chi connectivity index (χ1n) is 11.9. The number of amides is 2. The van der Waals surface area contributed by atoms with E-state index in [9.17, 15) is 14.4 Å². The van der Waals surface area contributed by atoms with Gasteiger partial charge in [-0.3, -0.25) is 19.1 Å². The second kappa shape index (κ2) is 10.2. The average molecular weight is 512 g/mol. The number of carbonyl (C=O) groups excluding carboxylic acids is 3. The number of rotatable bonds is 9. The molecule has 1 fully saturated rings. The highest BCUT2D eigenvalue weighted by Gasteiger charge is 2.45. The normalized spacial score (nSPS) is 14.4. The van der Waals surface area contributed by atoms with E-state index in [2.05, 4.69) is 5.32 Å². The number of hydrogen-bond acceptors (Lipinski definition) is 5. The second-order valence-electron chi connectivity index (χ2n) is 9.29. The molecule has 8 nitrogen and oxygen atoms in total. The average Bonchev–Trinajstić information content (AvgIpc) is 3.11. The molecule has 1 aliphatic rings. The van der Waals surface area contributed by atoms with Gasteiger partial charge in [0.1, 0.15) is 5.75 Å². The highest BCUT2D eigenvalue weighted by Crippen LogP contribution is 2.31.